The van der Waals surface area contributed by atoms with Gasteiger partial charge in [-0.3, -0.25) is 0 Å². The van der Waals surface area contributed by atoms with Crippen LogP contribution in [0.4, 0.5) is 0 Å². The van der Waals surface area contributed by atoms with Gasteiger partial charge in [0.15, 0.2) is 10.9 Å². The number of halogens is 1. The van der Waals surface area contributed by atoms with Gasteiger partial charge in [0, 0.05) is 22.5 Å². The number of H-pyrrole nitrogens is 2. The van der Waals surface area contributed by atoms with Crippen LogP contribution in [0.5, 0.6) is 5.75 Å². The lowest BCUT2D eigenvalue weighted by molar-refractivity contribution is -0.149. The molecule has 5 heterocycles. The fourth-order valence-electron chi connectivity index (χ4n) is 5.62. The van der Waals surface area contributed by atoms with E-state index in [1.54, 1.807) is 20.8 Å². The summed E-state index contributed by atoms with van der Waals surface area (Å²) in [5.74, 6) is -0.291. The highest BCUT2D eigenvalue weighted by Gasteiger charge is 2.34. The van der Waals surface area contributed by atoms with Gasteiger partial charge in [0.05, 0.1) is 38.6 Å². The van der Waals surface area contributed by atoms with Crippen LogP contribution in [-0.4, -0.2) is 74.9 Å². The van der Waals surface area contributed by atoms with E-state index in [1.807, 2.05) is 32.0 Å². The quantitative estimate of drug-likeness (QED) is 0.135. The molecule has 13 nitrogen and oxygen atoms in total. The summed E-state index contributed by atoms with van der Waals surface area (Å²) in [4.78, 5) is 47.4. The molecule has 1 aliphatic carbocycles. The van der Waals surface area contributed by atoms with Gasteiger partial charge in [-0.05, 0) is 71.6 Å². The maximum absolute atomic E-state index is 12.5. The number of carbonyl (C=O) groups excluding carboxylic acids is 2. The Hall–Kier alpha value is -4.59. The number of rotatable bonds is 9. The van der Waals surface area contributed by atoms with E-state index in [4.69, 9.17) is 35.3 Å². The molecular weight excluding hydrogens is 640 g/mol. The van der Waals surface area contributed by atoms with Crippen molar-refractivity contribution in [2.45, 2.75) is 53.2 Å². The summed E-state index contributed by atoms with van der Waals surface area (Å²) in [5, 5.41) is 0.295. The Balaban J connectivity index is 0.000000211. The highest BCUT2D eigenvalue weighted by Crippen LogP contribution is 2.40. The summed E-state index contributed by atoms with van der Waals surface area (Å²) < 4.78 is 28.1. The smallest absolute Gasteiger partial charge is 0.342 e. The Morgan fingerprint density at radius 2 is 1.48 bits per heavy atom. The third-order valence-corrected chi connectivity index (χ3v) is 8.51. The monoisotopic (exact) mass is 676 g/mol. The Bertz CT molecular complexity index is 1980. The van der Waals surface area contributed by atoms with Crippen LogP contribution in [0.25, 0.3) is 33.3 Å². The van der Waals surface area contributed by atoms with Gasteiger partial charge >= 0.3 is 11.9 Å². The second kappa shape index (κ2) is 13.9. The first-order valence-electron chi connectivity index (χ1n) is 15.9. The molecule has 7 rings (SSSR count). The van der Waals surface area contributed by atoms with Crippen molar-refractivity contribution in [2.24, 2.45) is 5.92 Å². The number of hydrogen-bond donors (Lipinski definition) is 2. The zero-order valence-electron chi connectivity index (χ0n) is 27.4. The second-order valence-electron chi connectivity index (χ2n) is 11.6. The van der Waals surface area contributed by atoms with Crippen LogP contribution in [0.15, 0.2) is 30.9 Å². The van der Waals surface area contributed by atoms with Gasteiger partial charge in [0.25, 0.3) is 0 Å². The summed E-state index contributed by atoms with van der Waals surface area (Å²) >= 11 is 5.89. The van der Waals surface area contributed by atoms with Gasteiger partial charge in [-0.2, -0.15) is 0 Å². The number of aromatic amines is 2. The van der Waals surface area contributed by atoms with E-state index in [0.29, 0.717) is 94.4 Å². The van der Waals surface area contributed by atoms with Crippen molar-refractivity contribution in [2.75, 3.05) is 33.0 Å². The molecule has 1 aromatic carbocycles. The van der Waals surface area contributed by atoms with E-state index < -0.39 is 17.7 Å². The molecule has 0 atom stereocenters. The van der Waals surface area contributed by atoms with Gasteiger partial charge in [-0.15, -0.1) is 0 Å². The first kappa shape index (κ1) is 33.3. The summed E-state index contributed by atoms with van der Waals surface area (Å²) in [5.41, 5.74) is 6.80. The number of aryl methyl sites for hydroxylation is 2. The predicted molar refractivity (Wildman–Crippen MR) is 177 cm³/mol. The van der Waals surface area contributed by atoms with Crippen molar-refractivity contribution < 1.29 is 33.3 Å². The Labute approximate surface area is 281 Å². The van der Waals surface area contributed by atoms with Gasteiger partial charge in [-0.25, -0.2) is 29.5 Å². The van der Waals surface area contributed by atoms with Crippen LogP contribution in [-0.2, 0) is 24.7 Å². The molecule has 0 bridgehead atoms. The number of nitrogens with zero attached hydrogens (tertiary/aromatic N) is 4. The van der Waals surface area contributed by atoms with Crippen molar-refractivity contribution in [3.8, 4) is 17.0 Å². The van der Waals surface area contributed by atoms with E-state index in [0.717, 1.165) is 16.9 Å². The molecule has 0 spiro atoms. The first-order chi connectivity index (χ1) is 23.1. The number of hydrogen-bond acceptors (Lipinski definition) is 11. The number of ether oxygens (including phenoxy) is 5. The zero-order valence-corrected chi connectivity index (χ0v) is 28.2. The Morgan fingerprint density at radius 3 is 2.08 bits per heavy atom. The highest BCUT2D eigenvalue weighted by atomic mass is 35.5. The number of esters is 2. The minimum Gasteiger partial charge on any atom is -0.493 e. The number of aromatic nitrogens is 6. The molecule has 252 valence electrons. The zero-order chi connectivity index (χ0) is 34.0. The Morgan fingerprint density at radius 1 is 0.896 bits per heavy atom. The molecule has 14 heteroatoms. The third kappa shape index (κ3) is 6.58. The van der Waals surface area contributed by atoms with Crippen LogP contribution in [0, 0.1) is 19.8 Å². The summed E-state index contributed by atoms with van der Waals surface area (Å²) in [6, 6.07) is 5.91. The molecule has 4 aromatic heterocycles. The number of fused-ring (bicyclic) bond motifs is 2. The van der Waals surface area contributed by atoms with Crippen LogP contribution >= 0.6 is 11.6 Å². The number of nitrogens with one attached hydrogen (secondary N) is 2. The van der Waals surface area contributed by atoms with Crippen LogP contribution < -0.4 is 4.74 Å². The predicted octanol–water partition coefficient (Wildman–Crippen LogP) is 6.21. The molecule has 0 radical (unpaired) electrons. The van der Waals surface area contributed by atoms with E-state index in [2.05, 4.69) is 29.9 Å². The lowest BCUT2D eigenvalue weighted by atomic mass is 10.0. The van der Waals surface area contributed by atoms with Crippen LogP contribution in [0.1, 0.15) is 71.3 Å². The fourth-order valence-corrected chi connectivity index (χ4v) is 5.80. The number of benzene rings is 1. The maximum Gasteiger partial charge on any atom is 0.342 e. The molecule has 1 aliphatic heterocycles. The fraction of sp³-hybridized carbons (Fsp3) is 0.412. The molecule has 1 saturated carbocycles. The third-order valence-electron chi connectivity index (χ3n) is 8.22. The maximum atomic E-state index is 12.5. The topological polar surface area (TPSA) is 163 Å². The standard InChI is InChI=1S/C24H27N3O5.C10H10ClN3O2/c1-4-29-23(28)19-14(2)27-22-20(25-13-26-21(19)22)17-11-16(24(3)31-9-10-32-24)7-8-18(17)30-12-15-5-6-15;1-3-16-10(15)6-5(2)14-8-7(6)12-4-13-9(8)11/h7-8,11,13,15,27H,4-6,9-10,12H2,1-3H3;4,14H,3H2,1-2H3. The van der Waals surface area contributed by atoms with Crippen molar-refractivity contribution in [1.82, 2.24) is 29.9 Å². The van der Waals surface area contributed by atoms with E-state index in [1.165, 1.54) is 25.5 Å². The molecule has 2 fully saturated rings. The lowest BCUT2D eigenvalue weighted by Gasteiger charge is -2.24. The van der Waals surface area contributed by atoms with Gasteiger partial charge in [0.1, 0.15) is 51.8 Å². The van der Waals surface area contributed by atoms with Gasteiger partial charge in [-0.1, -0.05) is 11.6 Å². The summed E-state index contributed by atoms with van der Waals surface area (Å²) in [6.45, 7) is 11.4. The van der Waals surface area contributed by atoms with Crippen LogP contribution in [0.2, 0.25) is 5.15 Å². The van der Waals surface area contributed by atoms with Gasteiger partial charge in [0.2, 0.25) is 0 Å². The molecule has 48 heavy (non-hydrogen) atoms. The van der Waals surface area contributed by atoms with Crippen molar-refractivity contribution in [3.63, 3.8) is 0 Å². The SMILES string of the molecule is CCOC(=O)c1c(C)[nH]c2c(-c3cc(C4(C)OCCO4)ccc3OCC3CC3)ncnc12.CCOC(=O)c1c(C)[nH]c2c(Cl)ncnc12. The normalized spacial score (nSPS) is 15.3. The summed E-state index contributed by atoms with van der Waals surface area (Å²) in [7, 11) is 0. The number of carbonyl (C=O) groups is 2. The molecule has 2 aliphatic rings. The lowest BCUT2D eigenvalue weighted by Crippen LogP contribution is -2.22. The molecule has 0 unspecified atom stereocenters. The molecule has 5 aromatic rings. The van der Waals surface area contributed by atoms with Gasteiger partial charge < -0.3 is 33.7 Å². The van der Waals surface area contributed by atoms with Crippen molar-refractivity contribution in [1.29, 1.82) is 0 Å². The molecule has 1 saturated heterocycles. The Kier molecular flexibility index (Phi) is 9.63. The first-order valence-corrected chi connectivity index (χ1v) is 16.2. The average molecular weight is 677 g/mol. The largest absolute Gasteiger partial charge is 0.493 e. The summed E-state index contributed by atoms with van der Waals surface area (Å²) in [6.07, 6.45) is 5.18. The van der Waals surface area contributed by atoms with Crippen LogP contribution in [0.3, 0.4) is 0 Å². The van der Waals surface area contributed by atoms with E-state index in [-0.39, 0.29) is 0 Å². The molecular formula is C34H37ClN6O7. The second-order valence-corrected chi connectivity index (χ2v) is 12.0. The van der Waals surface area contributed by atoms with Crippen molar-refractivity contribution in [3.05, 3.63) is 64.1 Å². The van der Waals surface area contributed by atoms with Crippen molar-refractivity contribution >= 4 is 45.6 Å². The minimum atomic E-state index is -0.822. The molecule has 2 N–H and O–H groups in total. The minimum absolute atomic E-state index is 0.294. The van der Waals surface area contributed by atoms with E-state index >= 15 is 0 Å². The van der Waals surface area contributed by atoms with E-state index in [9.17, 15) is 9.59 Å². The average Bonchev–Trinajstić information content (AvgIpc) is 3.52. The molecule has 0 amide bonds. The highest BCUT2D eigenvalue weighted by molar-refractivity contribution is 6.34.